The summed E-state index contributed by atoms with van der Waals surface area (Å²) < 4.78 is 30.9. The number of piperidine rings is 1. The number of nitriles is 1. The third-order valence-corrected chi connectivity index (χ3v) is 6.70. The molecule has 1 atom stereocenters. The van der Waals surface area contributed by atoms with Gasteiger partial charge in [0.25, 0.3) is 0 Å². The number of methoxy groups -OCH3 is 1. The lowest BCUT2D eigenvalue weighted by atomic mass is 9.71. The van der Waals surface area contributed by atoms with Gasteiger partial charge in [-0.1, -0.05) is 0 Å². The van der Waals surface area contributed by atoms with Crippen molar-refractivity contribution in [2.24, 2.45) is 11.3 Å². The van der Waals surface area contributed by atoms with Crippen molar-refractivity contribution in [2.45, 2.75) is 12.8 Å². The van der Waals surface area contributed by atoms with E-state index in [9.17, 15) is 8.42 Å². The number of hydrogen-bond donors (Lipinski definition) is 0. The maximum Gasteiger partial charge on any atom is 0.232 e. The minimum absolute atomic E-state index is 0.0386. The van der Waals surface area contributed by atoms with Crippen molar-refractivity contribution in [3.8, 4) is 6.07 Å². The quantitative estimate of drug-likeness (QED) is 0.765. The van der Waals surface area contributed by atoms with Gasteiger partial charge in [-0.15, -0.1) is 0 Å². The first-order chi connectivity index (χ1) is 11.9. The van der Waals surface area contributed by atoms with Crippen LogP contribution in [0.25, 0.3) is 0 Å². The lowest BCUT2D eigenvalue weighted by Gasteiger charge is -2.43. The van der Waals surface area contributed by atoms with Crippen LogP contribution in [0.1, 0.15) is 18.7 Å². The third kappa shape index (κ3) is 3.61. The summed E-state index contributed by atoms with van der Waals surface area (Å²) in [5.41, 5.74) is 0.860. The van der Waals surface area contributed by atoms with Crippen LogP contribution >= 0.6 is 0 Å². The summed E-state index contributed by atoms with van der Waals surface area (Å²) in [6.45, 7) is 3.30. The minimum Gasteiger partial charge on any atom is -0.384 e. The summed E-state index contributed by atoms with van der Waals surface area (Å²) in [7, 11) is -1.52. The number of hydrogen-bond acceptors (Lipinski definition) is 7. The number of nitrogens with zero attached hydrogens (tertiary/aromatic N) is 5. The molecule has 0 saturated carbocycles. The Bertz CT molecular complexity index is 751. The van der Waals surface area contributed by atoms with Gasteiger partial charge in [0.1, 0.15) is 6.07 Å². The second kappa shape index (κ2) is 6.86. The Kier molecular flexibility index (Phi) is 4.95. The van der Waals surface area contributed by atoms with Gasteiger partial charge in [0.15, 0.2) is 0 Å². The molecule has 2 aliphatic rings. The van der Waals surface area contributed by atoms with Gasteiger partial charge in [-0.2, -0.15) is 5.26 Å². The predicted molar refractivity (Wildman–Crippen MR) is 92.4 cm³/mol. The molecule has 25 heavy (non-hydrogen) atoms. The van der Waals surface area contributed by atoms with E-state index in [1.165, 1.54) is 6.26 Å². The molecule has 1 spiro atoms. The summed E-state index contributed by atoms with van der Waals surface area (Å²) in [6.07, 6.45) is 6.42. The SMILES string of the molecule is COC[C@H]1CN(S(C)(=O)=O)CC12CCN(c1cnc(C#N)nc1)CC2. The van der Waals surface area contributed by atoms with Crippen LogP contribution in [-0.2, 0) is 14.8 Å². The molecule has 3 heterocycles. The molecule has 3 rings (SSSR count). The van der Waals surface area contributed by atoms with Gasteiger partial charge in [-0.05, 0) is 18.3 Å². The molecule has 2 fully saturated rings. The molecule has 0 amide bonds. The van der Waals surface area contributed by atoms with Crippen molar-refractivity contribution in [3.63, 3.8) is 0 Å². The lowest BCUT2D eigenvalue weighted by molar-refractivity contribution is 0.0764. The second-order valence-electron chi connectivity index (χ2n) is 6.93. The van der Waals surface area contributed by atoms with E-state index >= 15 is 0 Å². The highest BCUT2D eigenvalue weighted by atomic mass is 32.2. The van der Waals surface area contributed by atoms with E-state index in [0.29, 0.717) is 19.7 Å². The molecular formula is C16H23N5O3S. The first-order valence-electron chi connectivity index (χ1n) is 8.29. The van der Waals surface area contributed by atoms with Crippen LogP contribution in [0.15, 0.2) is 12.4 Å². The van der Waals surface area contributed by atoms with Crippen LogP contribution in [0.3, 0.4) is 0 Å². The van der Waals surface area contributed by atoms with Crippen molar-refractivity contribution in [1.82, 2.24) is 14.3 Å². The molecule has 1 aromatic heterocycles. The molecule has 0 unspecified atom stereocenters. The van der Waals surface area contributed by atoms with Gasteiger partial charge in [0.2, 0.25) is 15.8 Å². The Morgan fingerprint density at radius 3 is 2.52 bits per heavy atom. The Hall–Kier alpha value is -1.76. The molecule has 0 aromatic carbocycles. The highest BCUT2D eigenvalue weighted by Gasteiger charge is 2.50. The van der Waals surface area contributed by atoms with E-state index in [1.54, 1.807) is 23.8 Å². The Balaban J connectivity index is 1.73. The fraction of sp³-hybridized carbons (Fsp3) is 0.688. The fourth-order valence-corrected chi connectivity index (χ4v) is 4.93. The lowest BCUT2D eigenvalue weighted by Crippen LogP contribution is -2.45. The summed E-state index contributed by atoms with van der Waals surface area (Å²) >= 11 is 0. The number of ether oxygens (including phenoxy) is 1. The van der Waals surface area contributed by atoms with E-state index in [4.69, 9.17) is 10.00 Å². The summed E-state index contributed by atoms with van der Waals surface area (Å²) in [4.78, 5) is 10.3. The molecule has 0 N–H and O–H groups in total. The van der Waals surface area contributed by atoms with E-state index < -0.39 is 10.0 Å². The highest BCUT2D eigenvalue weighted by molar-refractivity contribution is 7.88. The van der Waals surface area contributed by atoms with E-state index in [1.807, 2.05) is 6.07 Å². The van der Waals surface area contributed by atoms with Gasteiger partial charge >= 0.3 is 0 Å². The first-order valence-corrected chi connectivity index (χ1v) is 10.1. The predicted octanol–water partition coefficient (Wildman–Crippen LogP) is 0.473. The van der Waals surface area contributed by atoms with Crippen molar-refractivity contribution >= 4 is 15.7 Å². The number of rotatable bonds is 4. The summed E-state index contributed by atoms with van der Waals surface area (Å²) in [5, 5.41) is 8.79. The van der Waals surface area contributed by atoms with Crippen molar-refractivity contribution in [2.75, 3.05) is 51.1 Å². The molecule has 9 heteroatoms. The van der Waals surface area contributed by atoms with Gasteiger partial charge in [0, 0.05) is 39.2 Å². The highest BCUT2D eigenvalue weighted by Crippen LogP contribution is 2.46. The van der Waals surface area contributed by atoms with E-state index in [2.05, 4.69) is 14.9 Å². The van der Waals surface area contributed by atoms with Crippen molar-refractivity contribution in [3.05, 3.63) is 18.2 Å². The normalized spacial score (nSPS) is 23.7. The average Bonchev–Trinajstić information content (AvgIpc) is 2.95. The standard InChI is InChI=1S/C16H23N5O3S/c1-24-11-13-10-21(25(2,22)23)12-16(13)3-5-20(6-4-16)14-8-18-15(7-17)19-9-14/h8-9,13H,3-6,10-12H2,1-2H3/t13-/m1/s1. The molecule has 1 aromatic rings. The average molecular weight is 365 g/mol. The monoisotopic (exact) mass is 365 g/mol. The topological polar surface area (TPSA) is 99.4 Å². The zero-order valence-corrected chi connectivity index (χ0v) is 15.4. The van der Waals surface area contributed by atoms with Crippen LogP contribution < -0.4 is 4.90 Å². The van der Waals surface area contributed by atoms with Gasteiger partial charge in [0.05, 0.1) is 30.9 Å². The Morgan fingerprint density at radius 2 is 2.00 bits per heavy atom. The number of sulfonamides is 1. The molecule has 0 aliphatic carbocycles. The van der Waals surface area contributed by atoms with Gasteiger partial charge < -0.3 is 9.64 Å². The van der Waals surface area contributed by atoms with Crippen LogP contribution in [-0.4, -0.2) is 68.8 Å². The Morgan fingerprint density at radius 1 is 1.36 bits per heavy atom. The van der Waals surface area contributed by atoms with Gasteiger partial charge in [-0.3, -0.25) is 0 Å². The van der Waals surface area contributed by atoms with Gasteiger partial charge in [-0.25, -0.2) is 22.7 Å². The molecule has 136 valence electrons. The van der Waals surface area contributed by atoms with Crippen LogP contribution in [0, 0.1) is 22.7 Å². The fourth-order valence-electron chi connectivity index (χ4n) is 3.99. The van der Waals surface area contributed by atoms with Crippen LogP contribution in [0.5, 0.6) is 0 Å². The molecule has 2 aliphatic heterocycles. The molecule has 8 nitrogen and oxygen atoms in total. The maximum absolute atomic E-state index is 12.0. The maximum atomic E-state index is 12.0. The molecule has 2 saturated heterocycles. The van der Waals surface area contributed by atoms with Crippen LogP contribution in [0.2, 0.25) is 0 Å². The first kappa shape index (κ1) is 18.0. The smallest absolute Gasteiger partial charge is 0.232 e. The summed E-state index contributed by atoms with van der Waals surface area (Å²) in [5.74, 6) is 0.378. The van der Waals surface area contributed by atoms with E-state index in [-0.39, 0.29) is 17.2 Å². The van der Waals surface area contributed by atoms with E-state index in [0.717, 1.165) is 31.6 Å². The zero-order chi connectivity index (χ0) is 18.1. The molecule has 0 radical (unpaired) electrons. The minimum atomic E-state index is -3.19. The number of aromatic nitrogens is 2. The molecular weight excluding hydrogens is 342 g/mol. The Labute approximate surface area is 148 Å². The largest absolute Gasteiger partial charge is 0.384 e. The second-order valence-corrected chi connectivity index (χ2v) is 8.92. The van der Waals surface area contributed by atoms with Crippen molar-refractivity contribution < 1.29 is 13.2 Å². The van der Waals surface area contributed by atoms with Crippen LogP contribution in [0.4, 0.5) is 5.69 Å². The zero-order valence-electron chi connectivity index (χ0n) is 14.6. The summed E-state index contributed by atoms with van der Waals surface area (Å²) in [6, 6.07) is 1.92. The molecule has 0 bridgehead atoms. The van der Waals surface area contributed by atoms with Crippen molar-refractivity contribution in [1.29, 1.82) is 5.26 Å². The third-order valence-electron chi connectivity index (χ3n) is 5.48. The number of anilines is 1.